The zero-order valence-electron chi connectivity index (χ0n) is 19.2. The van der Waals surface area contributed by atoms with Crippen LogP contribution in [0, 0.1) is 13.8 Å². The number of amides is 2. The Morgan fingerprint density at radius 2 is 1.79 bits per heavy atom. The number of hydrogen-bond donors (Lipinski definition) is 1. The van der Waals surface area contributed by atoms with Gasteiger partial charge in [-0.05, 0) is 44.4 Å². The molecule has 0 spiro atoms. The molecule has 34 heavy (non-hydrogen) atoms. The van der Waals surface area contributed by atoms with Crippen LogP contribution in [0.2, 0.25) is 0 Å². The fraction of sp³-hybridized carbons (Fsp3) is 0.391. The summed E-state index contributed by atoms with van der Waals surface area (Å²) in [5.41, 5.74) is 1.97. The summed E-state index contributed by atoms with van der Waals surface area (Å²) in [6.45, 7) is 5.38. The number of hydrogen-bond acceptors (Lipinski definition) is 8. The first-order valence-electron chi connectivity index (χ1n) is 10.9. The van der Waals surface area contributed by atoms with Crippen LogP contribution in [0.4, 0.5) is 0 Å². The van der Waals surface area contributed by atoms with Gasteiger partial charge >= 0.3 is 0 Å². The second kappa shape index (κ2) is 9.93. The lowest BCUT2D eigenvalue weighted by atomic mass is 9.97. The average Bonchev–Trinajstić information content (AvgIpc) is 3.43. The number of rotatable bonds is 6. The Morgan fingerprint density at radius 3 is 2.38 bits per heavy atom. The van der Waals surface area contributed by atoms with Gasteiger partial charge in [0.1, 0.15) is 10.6 Å². The number of carbonyl (C=O) groups is 2. The van der Waals surface area contributed by atoms with Crippen LogP contribution < -0.4 is 5.32 Å². The molecule has 11 heteroatoms. The highest BCUT2D eigenvalue weighted by Crippen LogP contribution is 2.31. The standard InChI is InChI=1S/C23H26N4O4S3/c1-14-20(33-15(2)25-14)23(29)27-10-8-17(9-11-27)22-26-19(13-32-22)21(28)24-12-16-4-6-18(7-5-16)34(3,30)31/h4-7,13,17H,8-12H2,1-3H3,(H,24,28). The van der Waals surface area contributed by atoms with Crippen molar-refractivity contribution in [1.82, 2.24) is 20.2 Å². The normalized spacial score (nSPS) is 14.9. The molecule has 3 aromatic rings. The number of benzene rings is 1. The molecule has 0 saturated carbocycles. The quantitative estimate of drug-likeness (QED) is 0.534. The first-order valence-corrected chi connectivity index (χ1v) is 14.5. The number of thiazole rings is 2. The van der Waals surface area contributed by atoms with Crippen LogP contribution >= 0.6 is 22.7 Å². The van der Waals surface area contributed by atoms with Crippen LogP contribution in [0.25, 0.3) is 0 Å². The van der Waals surface area contributed by atoms with E-state index in [-0.39, 0.29) is 29.2 Å². The minimum absolute atomic E-state index is 0.0466. The van der Waals surface area contributed by atoms with Gasteiger partial charge in [0, 0.05) is 37.2 Å². The van der Waals surface area contributed by atoms with E-state index in [1.165, 1.54) is 34.8 Å². The Balaban J connectivity index is 1.30. The van der Waals surface area contributed by atoms with Crippen LogP contribution in [0.5, 0.6) is 0 Å². The molecule has 2 aromatic heterocycles. The van der Waals surface area contributed by atoms with Crippen molar-refractivity contribution in [1.29, 1.82) is 0 Å². The summed E-state index contributed by atoms with van der Waals surface area (Å²) in [4.78, 5) is 37.1. The highest BCUT2D eigenvalue weighted by molar-refractivity contribution is 7.90. The molecule has 0 bridgehead atoms. The van der Waals surface area contributed by atoms with Crippen molar-refractivity contribution in [3.63, 3.8) is 0 Å². The number of likely N-dealkylation sites (tertiary alicyclic amines) is 1. The van der Waals surface area contributed by atoms with E-state index < -0.39 is 9.84 Å². The number of aryl methyl sites for hydroxylation is 2. The summed E-state index contributed by atoms with van der Waals surface area (Å²) >= 11 is 2.91. The average molecular weight is 519 g/mol. The van der Waals surface area contributed by atoms with Gasteiger partial charge in [0.25, 0.3) is 11.8 Å². The molecule has 1 N–H and O–H groups in total. The van der Waals surface area contributed by atoms with Gasteiger partial charge in [-0.15, -0.1) is 22.7 Å². The first-order chi connectivity index (χ1) is 16.1. The van der Waals surface area contributed by atoms with E-state index in [2.05, 4.69) is 15.3 Å². The van der Waals surface area contributed by atoms with Crippen LogP contribution in [0.3, 0.4) is 0 Å². The Labute approximate surface area is 207 Å². The minimum Gasteiger partial charge on any atom is -0.347 e. The van der Waals surface area contributed by atoms with Gasteiger partial charge < -0.3 is 10.2 Å². The molecule has 3 heterocycles. The Hall–Kier alpha value is -2.63. The number of aromatic nitrogens is 2. The van der Waals surface area contributed by atoms with Crippen molar-refractivity contribution in [3.8, 4) is 0 Å². The van der Waals surface area contributed by atoms with Gasteiger partial charge in [0.05, 0.1) is 20.6 Å². The summed E-state index contributed by atoms with van der Waals surface area (Å²) in [5.74, 6) is 0.00657. The third kappa shape index (κ3) is 5.53. The van der Waals surface area contributed by atoms with E-state index in [4.69, 9.17) is 0 Å². The van der Waals surface area contributed by atoms with E-state index in [1.54, 1.807) is 17.5 Å². The molecule has 2 amide bonds. The van der Waals surface area contributed by atoms with E-state index in [9.17, 15) is 18.0 Å². The van der Waals surface area contributed by atoms with Gasteiger partial charge in [-0.2, -0.15) is 0 Å². The van der Waals surface area contributed by atoms with Crippen LogP contribution in [-0.4, -0.2) is 54.4 Å². The molecule has 1 aromatic carbocycles. The molecule has 0 unspecified atom stereocenters. The molecule has 0 atom stereocenters. The van der Waals surface area contributed by atoms with E-state index in [1.807, 2.05) is 18.7 Å². The van der Waals surface area contributed by atoms with Crippen LogP contribution in [-0.2, 0) is 16.4 Å². The zero-order chi connectivity index (χ0) is 24.5. The van der Waals surface area contributed by atoms with E-state index >= 15 is 0 Å². The highest BCUT2D eigenvalue weighted by atomic mass is 32.2. The highest BCUT2D eigenvalue weighted by Gasteiger charge is 2.28. The molecular weight excluding hydrogens is 492 g/mol. The zero-order valence-corrected chi connectivity index (χ0v) is 21.6. The topological polar surface area (TPSA) is 109 Å². The maximum atomic E-state index is 12.8. The van der Waals surface area contributed by atoms with Crippen molar-refractivity contribution in [2.75, 3.05) is 19.3 Å². The van der Waals surface area contributed by atoms with Crippen molar-refractivity contribution in [3.05, 3.63) is 61.5 Å². The van der Waals surface area contributed by atoms with Crippen molar-refractivity contribution < 1.29 is 18.0 Å². The second-order valence-corrected chi connectivity index (χ2v) is 12.5. The van der Waals surface area contributed by atoms with E-state index in [0.717, 1.165) is 45.2 Å². The maximum Gasteiger partial charge on any atom is 0.271 e. The summed E-state index contributed by atoms with van der Waals surface area (Å²) in [5, 5.41) is 6.41. The summed E-state index contributed by atoms with van der Waals surface area (Å²) in [6, 6.07) is 6.44. The molecule has 8 nitrogen and oxygen atoms in total. The molecule has 180 valence electrons. The lowest BCUT2D eigenvalue weighted by molar-refractivity contribution is 0.0717. The fourth-order valence-corrected chi connectivity index (χ4v) is 6.40. The lowest BCUT2D eigenvalue weighted by Crippen LogP contribution is -2.37. The molecule has 0 radical (unpaired) electrons. The summed E-state index contributed by atoms with van der Waals surface area (Å²) in [7, 11) is -3.25. The molecular formula is C23H26N4O4S3. The second-order valence-electron chi connectivity index (χ2n) is 8.38. The Kier molecular flexibility index (Phi) is 7.15. The van der Waals surface area contributed by atoms with Crippen molar-refractivity contribution in [2.24, 2.45) is 0 Å². The summed E-state index contributed by atoms with van der Waals surface area (Å²) < 4.78 is 23.1. The fourth-order valence-electron chi connectivity index (χ4n) is 3.91. The number of carbonyl (C=O) groups excluding carboxylic acids is 2. The van der Waals surface area contributed by atoms with Crippen molar-refractivity contribution >= 4 is 44.3 Å². The number of sulfone groups is 1. The molecule has 1 aliphatic heterocycles. The smallest absolute Gasteiger partial charge is 0.271 e. The van der Waals surface area contributed by atoms with Gasteiger partial charge in [0.15, 0.2) is 9.84 Å². The molecule has 1 saturated heterocycles. The Morgan fingerprint density at radius 1 is 1.12 bits per heavy atom. The predicted octanol–water partition coefficient (Wildman–Crippen LogP) is 3.57. The molecule has 1 aliphatic rings. The van der Waals surface area contributed by atoms with Crippen molar-refractivity contribution in [2.45, 2.75) is 44.0 Å². The van der Waals surface area contributed by atoms with Gasteiger partial charge in [-0.25, -0.2) is 18.4 Å². The number of nitrogens with one attached hydrogen (secondary N) is 1. The van der Waals surface area contributed by atoms with Crippen LogP contribution in [0.1, 0.15) is 60.2 Å². The third-order valence-electron chi connectivity index (χ3n) is 5.79. The van der Waals surface area contributed by atoms with E-state index in [0.29, 0.717) is 18.8 Å². The van der Waals surface area contributed by atoms with Gasteiger partial charge in [0.2, 0.25) is 0 Å². The molecule has 4 rings (SSSR count). The largest absolute Gasteiger partial charge is 0.347 e. The Bertz CT molecular complexity index is 1300. The number of nitrogens with zero attached hydrogens (tertiary/aromatic N) is 3. The van der Waals surface area contributed by atoms with Gasteiger partial charge in [-0.3, -0.25) is 9.59 Å². The monoisotopic (exact) mass is 518 g/mol. The first kappa shape index (κ1) is 24.5. The lowest BCUT2D eigenvalue weighted by Gasteiger charge is -2.30. The minimum atomic E-state index is -3.25. The van der Waals surface area contributed by atoms with Gasteiger partial charge in [-0.1, -0.05) is 12.1 Å². The molecule has 1 fully saturated rings. The maximum absolute atomic E-state index is 12.8. The third-order valence-corrected chi connectivity index (χ3v) is 8.98. The molecule has 0 aliphatic carbocycles. The number of piperidine rings is 1. The van der Waals surface area contributed by atoms with Crippen LogP contribution in [0.15, 0.2) is 34.5 Å². The summed E-state index contributed by atoms with van der Waals surface area (Å²) in [6.07, 6.45) is 2.78. The SMILES string of the molecule is Cc1nc(C)c(C(=O)N2CCC(c3nc(C(=O)NCc4ccc(S(C)(=O)=O)cc4)cs3)CC2)s1. The predicted molar refractivity (Wildman–Crippen MR) is 132 cm³/mol.